The first-order chi connectivity index (χ1) is 14.8. The zero-order valence-electron chi connectivity index (χ0n) is 16.9. The zero-order chi connectivity index (χ0) is 20.3. The Morgan fingerprint density at radius 2 is 1.93 bits per heavy atom. The molecule has 6 heteroatoms. The van der Waals surface area contributed by atoms with Crippen molar-refractivity contribution >= 4 is 0 Å². The van der Waals surface area contributed by atoms with Crippen molar-refractivity contribution in [2.24, 2.45) is 0 Å². The molecule has 2 aromatic heterocycles. The van der Waals surface area contributed by atoms with Gasteiger partial charge in [-0.25, -0.2) is 9.97 Å². The van der Waals surface area contributed by atoms with Crippen molar-refractivity contribution in [1.29, 1.82) is 0 Å². The van der Waals surface area contributed by atoms with Gasteiger partial charge in [0.25, 0.3) is 0 Å². The number of rotatable bonds is 6. The lowest BCUT2D eigenvalue weighted by Gasteiger charge is -2.21. The van der Waals surface area contributed by atoms with Crippen LogP contribution >= 0.6 is 0 Å². The van der Waals surface area contributed by atoms with E-state index in [1.807, 2.05) is 60.9 Å². The summed E-state index contributed by atoms with van der Waals surface area (Å²) in [6, 6.07) is 18.3. The van der Waals surface area contributed by atoms with Crippen LogP contribution in [0, 0.1) is 0 Å². The first-order valence-corrected chi connectivity index (χ1v) is 10.2. The molecule has 0 radical (unpaired) electrons. The second-order valence-corrected chi connectivity index (χ2v) is 7.53. The number of hydrogen-bond acceptors (Lipinski definition) is 5. The Morgan fingerprint density at radius 3 is 2.80 bits per heavy atom. The molecule has 1 N–H and O–H groups in total. The number of ether oxygens (including phenoxy) is 1. The Balaban J connectivity index is 1.32. The van der Waals surface area contributed by atoms with E-state index in [-0.39, 0.29) is 6.04 Å². The van der Waals surface area contributed by atoms with Crippen molar-refractivity contribution in [3.63, 3.8) is 0 Å². The topological polar surface area (TPSA) is 67.2 Å². The van der Waals surface area contributed by atoms with Gasteiger partial charge in [-0.3, -0.25) is 4.90 Å². The summed E-state index contributed by atoms with van der Waals surface area (Å²) < 4.78 is 11.4. The number of benzene rings is 2. The van der Waals surface area contributed by atoms with Gasteiger partial charge in [-0.05, 0) is 31.5 Å². The molecule has 0 amide bonds. The van der Waals surface area contributed by atoms with Crippen LogP contribution in [-0.2, 0) is 6.54 Å². The van der Waals surface area contributed by atoms with E-state index in [1.165, 1.54) is 0 Å². The molecule has 30 heavy (non-hydrogen) atoms. The average Bonchev–Trinajstić information content (AvgIpc) is 3.55. The van der Waals surface area contributed by atoms with E-state index in [9.17, 15) is 0 Å². The second kappa shape index (κ2) is 8.16. The molecule has 0 bridgehead atoms. The van der Waals surface area contributed by atoms with Crippen LogP contribution in [0.3, 0.4) is 0 Å². The number of imidazole rings is 1. The number of aromatic amines is 1. The fourth-order valence-corrected chi connectivity index (χ4v) is 4.06. The smallest absolute Gasteiger partial charge is 0.209 e. The van der Waals surface area contributed by atoms with Crippen LogP contribution in [0.15, 0.2) is 71.4 Å². The van der Waals surface area contributed by atoms with E-state index < -0.39 is 0 Å². The molecule has 6 nitrogen and oxygen atoms in total. The first kappa shape index (κ1) is 18.6. The van der Waals surface area contributed by atoms with E-state index in [1.54, 1.807) is 7.11 Å². The summed E-state index contributed by atoms with van der Waals surface area (Å²) in [6.45, 7) is 1.68. The Morgan fingerprint density at radius 1 is 1.07 bits per heavy atom. The molecule has 1 fully saturated rings. The van der Waals surface area contributed by atoms with Crippen molar-refractivity contribution < 1.29 is 9.15 Å². The molecule has 5 rings (SSSR count). The number of oxazole rings is 1. The van der Waals surface area contributed by atoms with Gasteiger partial charge in [0.1, 0.15) is 11.6 Å². The Bertz CT molecular complexity index is 1120. The lowest BCUT2D eigenvalue weighted by molar-refractivity contribution is 0.218. The summed E-state index contributed by atoms with van der Waals surface area (Å²) in [5, 5.41) is 0. The molecule has 0 spiro atoms. The highest BCUT2D eigenvalue weighted by Crippen LogP contribution is 2.33. The summed E-state index contributed by atoms with van der Waals surface area (Å²) in [7, 11) is 1.68. The van der Waals surface area contributed by atoms with Gasteiger partial charge in [0, 0.05) is 11.1 Å². The minimum Gasteiger partial charge on any atom is -0.497 e. The number of aromatic nitrogens is 3. The van der Waals surface area contributed by atoms with Crippen LogP contribution in [0.5, 0.6) is 5.75 Å². The maximum Gasteiger partial charge on any atom is 0.209 e. The third kappa shape index (κ3) is 3.74. The van der Waals surface area contributed by atoms with Crippen LogP contribution in [-0.4, -0.2) is 33.5 Å². The fraction of sp³-hybridized carbons (Fsp3) is 0.250. The molecule has 3 heterocycles. The summed E-state index contributed by atoms with van der Waals surface area (Å²) in [4.78, 5) is 15.1. The molecule has 0 saturated carbocycles. The van der Waals surface area contributed by atoms with E-state index in [4.69, 9.17) is 9.15 Å². The van der Waals surface area contributed by atoms with Gasteiger partial charge < -0.3 is 14.1 Å². The normalized spacial score (nSPS) is 16.8. The van der Waals surface area contributed by atoms with Crippen LogP contribution in [0.4, 0.5) is 0 Å². The maximum atomic E-state index is 6.02. The van der Waals surface area contributed by atoms with Crippen LogP contribution in [0.2, 0.25) is 0 Å². The van der Waals surface area contributed by atoms with Gasteiger partial charge in [-0.15, -0.1) is 0 Å². The predicted molar refractivity (Wildman–Crippen MR) is 115 cm³/mol. The summed E-state index contributed by atoms with van der Waals surface area (Å²) in [5.41, 5.74) is 3.11. The molecule has 0 aliphatic carbocycles. The molecule has 1 saturated heterocycles. The van der Waals surface area contributed by atoms with E-state index in [0.29, 0.717) is 6.54 Å². The van der Waals surface area contributed by atoms with Gasteiger partial charge in [0.15, 0.2) is 5.76 Å². The lowest BCUT2D eigenvalue weighted by Crippen LogP contribution is -2.23. The maximum absolute atomic E-state index is 6.02. The quantitative estimate of drug-likeness (QED) is 0.489. The summed E-state index contributed by atoms with van der Waals surface area (Å²) in [6.07, 6.45) is 5.91. The SMILES string of the molecule is COc1cccc(-c2cnc(C3CCCN3Cc3ncc(-c4ccccc4)o3)[nH]2)c1. The minimum atomic E-state index is 0.233. The Hall–Kier alpha value is -3.38. The van der Waals surface area contributed by atoms with Gasteiger partial charge in [-0.2, -0.15) is 0 Å². The number of nitrogens with zero attached hydrogens (tertiary/aromatic N) is 3. The molecular weight excluding hydrogens is 376 g/mol. The number of likely N-dealkylation sites (tertiary alicyclic amines) is 1. The van der Waals surface area contributed by atoms with E-state index in [2.05, 4.69) is 25.9 Å². The Kier molecular flexibility index (Phi) is 5.07. The van der Waals surface area contributed by atoms with E-state index in [0.717, 1.165) is 59.4 Å². The van der Waals surface area contributed by atoms with Crippen molar-refractivity contribution in [1.82, 2.24) is 19.9 Å². The molecule has 1 unspecified atom stereocenters. The van der Waals surface area contributed by atoms with Gasteiger partial charge in [0.05, 0.1) is 37.8 Å². The molecule has 1 aliphatic heterocycles. The average molecular weight is 400 g/mol. The highest BCUT2D eigenvalue weighted by molar-refractivity contribution is 5.60. The highest BCUT2D eigenvalue weighted by atomic mass is 16.5. The number of H-pyrrole nitrogens is 1. The molecule has 1 aliphatic rings. The molecule has 4 aromatic rings. The van der Waals surface area contributed by atoms with Crippen molar-refractivity contribution in [2.75, 3.05) is 13.7 Å². The van der Waals surface area contributed by atoms with Gasteiger partial charge in [-0.1, -0.05) is 42.5 Å². The van der Waals surface area contributed by atoms with E-state index >= 15 is 0 Å². The van der Waals surface area contributed by atoms with Crippen LogP contribution in [0.25, 0.3) is 22.6 Å². The Labute approximate surface area is 175 Å². The molecular formula is C24H24N4O2. The number of nitrogens with one attached hydrogen (secondary N) is 1. The molecule has 2 aromatic carbocycles. The summed E-state index contributed by atoms with van der Waals surface area (Å²) in [5.74, 6) is 3.37. The molecule has 1 atom stereocenters. The van der Waals surface area contributed by atoms with Crippen molar-refractivity contribution in [3.8, 4) is 28.3 Å². The largest absolute Gasteiger partial charge is 0.497 e. The lowest BCUT2D eigenvalue weighted by atomic mass is 10.1. The van der Waals surface area contributed by atoms with Gasteiger partial charge in [0.2, 0.25) is 5.89 Å². The summed E-state index contributed by atoms with van der Waals surface area (Å²) >= 11 is 0. The second-order valence-electron chi connectivity index (χ2n) is 7.53. The molecule has 152 valence electrons. The number of methoxy groups -OCH3 is 1. The standard InChI is InChI=1S/C24H24N4O2/c1-29-19-10-5-9-18(13-19)20-14-26-24(27-20)21-11-6-12-28(21)16-23-25-15-22(30-23)17-7-3-2-4-8-17/h2-5,7-10,13-15,21H,6,11-12,16H2,1H3,(H,26,27). The highest BCUT2D eigenvalue weighted by Gasteiger charge is 2.29. The minimum absolute atomic E-state index is 0.233. The zero-order valence-corrected chi connectivity index (χ0v) is 16.9. The van der Waals surface area contributed by atoms with Gasteiger partial charge >= 0.3 is 0 Å². The monoisotopic (exact) mass is 400 g/mol. The van der Waals surface area contributed by atoms with Crippen LogP contribution in [0.1, 0.15) is 30.6 Å². The third-order valence-electron chi connectivity index (χ3n) is 5.61. The van der Waals surface area contributed by atoms with Crippen LogP contribution < -0.4 is 4.74 Å². The predicted octanol–water partition coefficient (Wildman–Crippen LogP) is 5.08. The third-order valence-corrected chi connectivity index (χ3v) is 5.61. The van der Waals surface area contributed by atoms with Crippen molar-refractivity contribution in [3.05, 3.63) is 78.7 Å². The fourth-order valence-electron chi connectivity index (χ4n) is 4.06. The van der Waals surface area contributed by atoms with Crippen molar-refractivity contribution in [2.45, 2.75) is 25.4 Å². The number of hydrogen-bond donors (Lipinski definition) is 1. The first-order valence-electron chi connectivity index (χ1n) is 10.2.